The van der Waals surface area contributed by atoms with Gasteiger partial charge in [0.25, 0.3) is 7.52 Å². The van der Waals surface area contributed by atoms with E-state index in [2.05, 4.69) is 25.4 Å². The molecular formula is C25H35FN7O5P. The van der Waals surface area contributed by atoms with Crippen molar-refractivity contribution in [1.82, 2.24) is 24.6 Å². The summed E-state index contributed by atoms with van der Waals surface area (Å²) in [4.78, 5) is 25.1. The Bertz CT molecular complexity index is 1360. The molecule has 14 heteroatoms. The van der Waals surface area contributed by atoms with Crippen LogP contribution < -0.4 is 16.1 Å². The van der Waals surface area contributed by atoms with Gasteiger partial charge in [-0.2, -0.15) is 9.97 Å². The molecule has 0 spiro atoms. The zero-order valence-electron chi connectivity index (χ0n) is 22.6. The summed E-state index contributed by atoms with van der Waals surface area (Å²) < 4.78 is 48.5. The van der Waals surface area contributed by atoms with Crippen molar-refractivity contribution in [2.75, 3.05) is 24.7 Å². The molecule has 39 heavy (non-hydrogen) atoms. The highest BCUT2D eigenvalue weighted by Crippen LogP contribution is 2.50. The number of hydrogen-bond donors (Lipinski definition) is 3. The third-order valence-corrected chi connectivity index (χ3v) is 8.32. The van der Waals surface area contributed by atoms with Crippen molar-refractivity contribution in [2.24, 2.45) is 5.92 Å². The number of hydrogen-bond acceptors (Lipinski definition) is 10. The van der Waals surface area contributed by atoms with Gasteiger partial charge in [0.2, 0.25) is 11.8 Å². The first-order valence-corrected chi connectivity index (χ1v) is 14.5. The molecule has 12 nitrogen and oxygen atoms in total. The van der Waals surface area contributed by atoms with E-state index in [0.29, 0.717) is 22.5 Å². The van der Waals surface area contributed by atoms with Crippen LogP contribution in [0.25, 0.3) is 11.2 Å². The average Bonchev–Trinajstić information content (AvgIpc) is 3.42. The molecule has 0 radical (unpaired) electrons. The van der Waals surface area contributed by atoms with Crippen LogP contribution in [0.5, 0.6) is 0 Å². The maximum atomic E-state index is 16.1. The van der Waals surface area contributed by atoms with E-state index in [-0.39, 0.29) is 30.6 Å². The van der Waals surface area contributed by atoms with Gasteiger partial charge >= 0.3 is 5.97 Å². The van der Waals surface area contributed by atoms with Crippen molar-refractivity contribution in [2.45, 2.75) is 64.5 Å². The quantitative estimate of drug-likeness (QED) is 0.229. The summed E-state index contributed by atoms with van der Waals surface area (Å²) in [6.07, 6.45) is 0.283. The lowest BCUT2D eigenvalue weighted by molar-refractivity contribution is -0.172. The number of benzene rings is 1. The van der Waals surface area contributed by atoms with E-state index >= 15 is 4.39 Å². The number of carbonyl (C=O) groups is 1. The number of nitrogen functional groups attached to an aromatic ring is 1. The Hall–Kier alpha value is -3.12. The lowest BCUT2D eigenvalue weighted by Gasteiger charge is -2.27. The Morgan fingerprint density at radius 2 is 2.03 bits per heavy atom. The Morgan fingerprint density at radius 1 is 1.31 bits per heavy atom. The second kappa shape index (κ2) is 11.5. The van der Waals surface area contributed by atoms with Gasteiger partial charge in [0, 0.05) is 19.4 Å². The molecule has 1 unspecified atom stereocenters. The van der Waals surface area contributed by atoms with Crippen LogP contribution in [-0.4, -0.2) is 57.1 Å². The van der Waals surface area contributed by atoms with Gasteiger partial charge in [0.15, 0.2) is 17.0 Å². The molecule has 0 aliphatic carbocycles. The number of carbonyl (C=O) groups excluding carboxylic acids is 1. The number of aromatic nitrogens is 4. The second-order valence-corrected chi connectivity index (χ2v) is 12.2. The van der Waals surface area contributed by atoms with Crippen molar-refractivity contribution in [3.05, 3.63) is 42.2 Å². The maximum Gasteiger partial charge on any atom is 0.323 e. The van der Waals surface area contributed by atoms with Gasteiger partial charge in [-0.25, -0.2) is 14.5 Å². The summed E-state index contributed by atoms with van der Waals surface area (Å²) in [6.45, 7) is 6.17. The van der Waals surface area contributed by atoms with Gasteiger partial charge in [-0.3, -0.25) is 13.9 Å². The number of alkyl halides is 1. The molecular weight excluding hydrogens is 528 g/mol. The van der Waals surface area contributed by atoms with Gasteiger partial charge < -0.3 is 25.0 Å². The largest absolute Gasteiger partial charge is 0.462 e. The number of imidazole rings is 1. The van der Waals surface area contributed by atoms with Crippen LogP contribution in [0.4, 0.5) is 16.2 Å². The number of fused-ring (bicyclic) bond motifs is 1. The molecule has 4 N–H and O–H groups in total. The highest BCUT2D eigenvalue weighted by molar-refractivity contribution is 7.56. The number of halogens is 1. The fraction of sp³-hybridized carbons (Fsp3) is 0.520. The van der Waals surface area contributed by atoms with E-state index in [1.54, 1.807) is 49.7 Å². The topological polar surface area (TPSA) is 156 Å². The number of nitrogens with two attached hydrogens (primary N) is 1. The molecule has 0 bridgehead atoms. The van der Waals surface area contributed by atoms with Gasteiger partial charge in [-0.05, 0) is 26.3 Å². The maximum absolute atomic E-state index is 16.1. The molecule has 0 amide bonds. The zero-order chi connectivity index (χ0) is 28.4. The smallest absolute Gasteiger partial charge is 0.323 e. The standard InChI is InChI=1S/C25H35FN7O5P/c1-15(2)37-23(34)17(4)32-39(35,12-18-9-7-6-8-10-18)36-13-25(26)11-16(3)22(38-25)33-14-29-19-20(28-5)30-24(27)31-21(19)33/h6-10,14-17,22H,11-13H2,1-5H3,(H,32,35)(H3,27,28,30,31)/t16-,17-,22+,25-,39?/m0/s1. The lowest BCUT2D eigenvalue weighted by Crippen LogP contribution is -2.37. The van der Waals surface area contributed by atoms with Crippen molar-refractivity contribution in [1.29, 1.82) is 0 Å². The van der Waals surface area contributed by atoms with E-state index in [1.165, 1.54) is 13.3 Å². The number of esters is 1. The first-order chi connectivity index (χ1) is 18.4. The number of nitrogens with one attached hydrogen (secondary N) is 2. The van der Waals surface area contributed by atoms with Crippen LogP contribution in [0.2, 0.25) is 0 Å². The minimum atomic E-state index is -3.78. The van der Waals surface area contributed by atoms with Gasteiger partial charge in [0.05, 0.1) is 18.6 Å². The molecule has 1 aromatic carbocycles. The normalized spacial score (nSPS) is 23.6. The van der Waals surface area contributed by atoms with E-state index in [9.17, 15) is 9.36 Å². The number of ether oxygens (including phenoxy) is 2. The Labute approximate surface area is 226 Å². The molecule has 0 saturated carbocycles. The monoisotopic (exact) mass is 563 g/mol. The van der Waals surface area contributed by atoms with Crippen molar-refractivity contribution >= 4 is 36.4 Å². The van der Waals surface area contributed by atoms with Crippen LogP contribution in [-0.2, 0) is 29.5 Å². The molecule has 1 aliphatic rings. The van der Waals surface area contributed by atoms with Crippen LogP contribution >= 0.6 is 7.52 Å². The molecule has 3 heterocycles. The lowest BCUT2D eigenvalue weighted by atomic mass is 10.1. The molecule has 1 saturated heterocycles. The Kier molecular flexibility index (Phi) is 8.55. The highest BCUT2D eigenvalue weighted by atomic mass is 31.2. The summed E-state index contributed by atoms with van der Waals surface area (Å²) in [5.74, 6) is -2.69. The zero-order valence-corrected chi connectivity index (χ0v) is 23.5. The minimum absolute atomic E-state index is 0.0344. The first kappa shape index (κ1) is 28.9. The van der Waals surface area contributed by atoms with Crippen molar-refractivity contribution in [3.8, 4) is 0 Å². The fourth-order valence-corrected chi connectivity index (χ4v) is 6.56. The predicted octanol–water partition coefficient (Wildman–Crippen LogP) is 4.01. The number of rotatable bonds is 11. The third-order valence-electron chi connectivity index (χ3n) is 6.21. The summed E-state index contributed by atoms with van der Waals surface area (Å²) >= 11 is 0. The summed E-state index contributed by atoms with van der Waals surface area (Å²) in [6, 6.07) is 8.03. The minimum Gasteiger partial charge on any atom is -0.462 e. The molecule has 4 rings (SSSR count). The Balaban J connectivity index is 1.53. The second-order valence-electron chi connectivity index (χ2n) is 10.0. The molecule has 1 aliphatic heterocycles. The summed E-state index contributed by atoms with van der Waals surface area (Å²) in [5.41, 5.74) is 7.41. The van der Waals surface area contributed by atoms with E-state index in [4.69, 9.17) is 19.7 Å². The molecule has 2 aromatic heterocycles. The van der Waals surface area contributed by atoms with Crippen LogP contribution in [0.3, 0.4) is 0 Å². The first-order valence-electron chi connectivity index (χ1n) is 12.7. The fourth-order valence-electron chi connectivity index (χ4n) is 4.52. The van der Waals surface area contributed by atoms with Gasteiger partial charge in [-0.15, -0.1) is 0 Å². The SMILES string of the molecule is CNc1nc(N)nc2c1ncn2[C@@H]1O[C@](F)(COP(=O)(Cc2ccccc2)N[C@@H](C)C(=O)OC(C)C)C[C@@H]1C. The van der Waals surface area contributed by atoms with Gasteiger partial charge in [-0.1, -0.05) is 37.3 Å². The molecule has 1 fully saturated rings. The molecule has 212 valence electrons. The van der Waals surface area contributed by atoms with E-state index < -0.39 is 38.2 Å². The van der Waals surface area contributed by atoms with Crippen LogP contribution in [0, 0.1) is 5.92 Å². The average molecular weight is 564 g/mol. The predicted molar refractivity (Wildman–Crippen MR) is 145 cm³/mol. The van der Waals surface area contributed by atoms with E-state index in [1.807, 2.05) is 13.0 Å². The van der Waals surface area contributed by atoms with E-state index in [0.717, 1.165) is 0 Å². The summed E-state index contributed by atoms with van der Waals surface area (Å²) in [5, 5.41) is 5.68. The van der Waals surface area contributed by atoms with Crippen LogP contribution in [0.1, 0.15) is 45.9 Å². The third kappa shape index (κ3) is 6.73. The van der Waals surface area contributed by atoms with Gasteiger partial charge in [0.1, 0.15) is 18.9 Å². The number of nitrogens with zero attached hydrogens (tertiary/aromatic N) is 4. The molecule has 5 atom stereocenters. The molecule has 3 aromatic rings. The van der Waals surface area contributed by atoms with Crippen molar-refractivity contribution < 1.29 is 27.7 Å². The Morgan fingerprint density at radius 3 is 2.69 bits per heavy atom. The van der Waals surface area contributed by atoms with Crippen LogP contribution in [0.15, 0.2) is 36.7 Å². The highest BCUT2D eigenvalue weighted by Gasteiger charge is 2.48. The number of anilines is 2. The van der Waals surface area contributed by atoms with Crippen molar-refractivity contribution in [3.63, 3.8) is 0 Å². The summed E-state index contributed by atoms with van der Waals surface area (Å²) in [7, 11) is -2.10.